The lowest BCUT2D eigenvalue weighted by molar-refractivity contribution is 0.182. The average molecular weight is 245 g/mol. The fourth-order valence-corrected chi connectivity index (χ4v) is 3.07. The summed E-state index contributed by atoms with van der Waals surface area (Å²) in [6, 6.07) is 6.62. The Hall–Kier alpha value is -1.19. The molecule has 2 nitrogen and oxygen atoms in total. The first-order chi connectivity index (χ1) is 8.33. The van der Waals surface area contributed by atoms with Crippen molar-refractivity contribution >= 4 is 11.3 Å². The number of aliphatic hydroxyl groups excluding tert-OH is 1. The van der Waals surface area contributed by atoms with E-state index in [-0.39, 0.29) is 0 Å². The SMILES string of the molecule is OC(Cc1ccc2c(c1)CCC2)c1cncs1. The van der Waals surface area contributed by atoms with Crippen LogP contribution in [0.4, 0.5) is 0 Å². The lowest BCUT2D eigenvalue weighted by Crippen LogP contribution is -2.00. The molecular weight excluding hydrogens is 230 g/mol. The number of hydrogen-bond donors (Lipinski definition) is 1. The van der Waals surface area contributed by atoms with Crippen molar-refractivity contribution < 1.29 is 5.11 Å². The summed E-state index contributed by atoms with van der Waals surface area (Å²) in [5.74, 6) is 0. The summed E-state index contributed by atoms with van der Waals surface area (Å²) in [4.78, 5) is 4.95. The second-order valence-electron chi connectivity index (χ2n) is 4.58. The van der Waals surface area contributed by atoms with Gasteiger partial charge in [0.15, 0.2) is 0 Å². The van der Waals surface area contributed by atoms with Gasteiger partial charge in [0.1, 0.15) is 0 Å². The zero-order chi connectivity index (χ0) is 11.7. The van der Waals surface area contributed by atoms with E-state index in [4.69, 9.17) is 0 Å². The first-order valence-corrected chi connectivity index (χ1v) is 6.88. The third-order valence-corrected chi connectivity index (χ3v) is 4.25. The molecule has 0 radical (unpaired) electrons. The smallest absolute Gasteiger partial charge is 0.0938 e. The molecule has 0 bridgehead atoms. The van der Waals surface area contributed by atoms with Crippen molar-refractivity contribution in [2.45, 2.75) is 31.8 Å². The normalized spacial score (nSPS) is 15.8. The first-order valence-electron chi connectivity index (χ1n) is 6.00. The maximum Gasteiger partial charge on any atom is 0.0938 e. The van der Waals surface area contributed by atoms with E-state index in [1.54, 1.807) is 11.7 Å². The molecule has 0 spiro atoms. The Morgan fingerprint density at radius 1 is 1.29 bits per heavy atom. The van der Waals surface area contributed by atoms with Crippen molar-refractivity contribution in [1.29, 1.82) is 0 Å². The van der Waals surface area contributed by atoms with Crippen LogP contribution in [-0.4, -0.2) is 10.1 Å². The number of aliphatic hydroxyl groups is 1. The summed E-state index contributed by atoms with van der Waals surface area (Å²) in [6.07, 6.45) is 5.71. The molecule has 0 fully saturated rings. The molecule has 0 aliphatic heterocycles. The fourth-order valence-electron chi connectivity index (χ4n) is 2.47. The predicted octanol–water partition coefficient (Wildman–Crippen LogP) is 2.91. The molecule has 0 saturated carbocycles. The molecule has 1 aliphatic rings. The minimum Gasteiger partial charge on any atom is -0.387 e. The minimum absolute atomic E-state index is 0.415. The number of fused-ring (bicyclic) bond motifs is 1. The maximum atomic E-state index is 10.1. The van der Waals surface area contributed by atoms with Crippen LogP contribution in [0.3, 0.4) is 0 Å². The van der Waals surface area contributed by atoms with Crippen LogP contribution < -0.4 is 0 Å². The predicted molar refractivity (Wildman–Crippen MR) is 69.2 cm³/mol. The highest BCUT2D eigenvalue weighted by Gasteiger charge is 2.14. The molecule has 1 N–H and O–H groups in total. The molecule has 1 unspecified atom stereocenters. The third kappa shape index (κ3) is 2.26. The molecule has 88 valence electrons. The summed E-state index contributed by atoms with van der Waals surface area (Å²) < 4.78 is 0. The minimum atomic E-state index is -0.415. The van der Waals surface area contributed by atoms with Gasteiger partial charge in [-0.1, -0.05) is 18.2 Å². The summed E-state index contributed by atoms with van der Waals surface area (Å²) >= 11 is 1.51. The molecule has 17 heavy (non-hydrogen) atoms. The highest BCUT2D eigenvalue weighted by Crippen LogP contribution is 2.26. The van der Waals surface area contributed by atoms with Gasteiger partial charge in [-0.25, -0.2) is 0 Å². The lowest BCUT2D eigenvalue weighted by atomic mass is 10.0. The fraction of sp³-hybridized carbons (Fsp3) is 0.357. The number of aryl methyl sites for hydroxylation is 2. The van der Waals surface area contributed by atoms with Crippen molar-refractivity contribution in [1.82, 2.24) is 4.98 Å². The molecule has 2 aromatic rings. The molecule has 3 rings (SSSR count). The zero-order valence-corrected chi connectivity index (χ0v) is 10.4. The Morgan fingerprint density at radius 2 is 2.18 bits per heavy atom. The van der Waals surface area contributed by atoms with Crippen LogP contribution in [0.1, 0.15) is 34.1 Å². The zero-order valence-electron chi connectivity index (χ0n) is 9.60. The van der Waals surface area contributed by atoms with Gasteiger partial charge in [0.2, 0.25) is 0 Å². The molecule has 3 heteroatoms. The van der Waals surface area contributed by atoms with E-state index in [1.165, 1.54) is 47.3 Å². The first kappa shape index (κ1) is 10.9. The largest absolute Gasteiger partial charge is 0.387 e. The lowest BCUT2D eigenvalue weighted by Gasteiger charge is -2.09. The monoisotopic (exact) mass is 245 g/mol. The molecule has 1 aliphatic carbocycles. The quantitative estimate of drug-likeness (QED) is 0.902. The van der Waals surface area contributed by atoms with Crippen LogP contribution in [0.25, 0.3) is 0 Å². The number of nitrogens with zero attached hydrogens (tertiary/aromatic N) is 1. The van der Waals surface area contributed by atoms with E-state index in [0.29, 0.717) is 6.42 Å². The molecule has 1 atom stereocenters. The Labute approximate surface area is 105 Å². The van der Waals surface area contributed by atoms with Gasteiger partial charge in [-0.3, -0.25) is 4.98 Å². The second-order valence-corrected chi connectivity index (χ2v) is 5.50. The molecular formula is C14H15NOS. The average Bonchev–Trinajstić information content (AvgIpc) is 2.99. The van der Waals surface area contributed by atoms with E-state index < -0.39 is 6.10 Å². The van der Waals surface area contributed by atoms with E-state index in [1.807, 2.05) is 0 Å². The Balaban J connectivity index is 1.77. The standard InChI is InChI=1S/C14H15NOS/c16-13(14-8-15-9-17-14)7-10-4-5-11-2-1-3-12(11)6-10/h4-6,8-9,13,16H,1-3,7H2. The molecule has 0 saturated heterocycles. The second kappa shape index (κ2) is 4.59. The molecule has 1 aromatic carbocycles. The Morgan fingerprint density at radius 3 is 3.00 bits per heavy atom. The Bertz CT molecular complexity index is 507. The van der Waals surface area contributed by atoms with Gasteiger partial charge < -0.3 is 5.11 Å². The van der Waals surface area contributed by atoms with Crippen LogP contribution in [-0.2, 0) is 19.3 Å². The number of thiazole rings is 1. The van der Waals surface area contributed by atoms with E-state index in [2.05, 4.69) is 23.2 Å². The van der Waals surface area contributed by atoms with Gasteiger partial charge in [-0.15, -0.1) is 11.3 Å². The number of rotatable bonds is 3. The summed E-state index contributed by atoms with van der Waals surface area (Å²) in [7, 11) is 0. The van der Waals surface area contributed by atoms with Crippen LogP contribution in [0.2, 0.25) is 0 Å². The van der Waals surface area contributed by atoms with E-state index in [0.717, 1.165) is 4.88 Å². The van der Waals surface area contributed by atoms with Crippen LogP contribution in [0.15, 0.2) is 29.9 Å². The summed E-state index contributed by atoms with van der Waals surface area (Å²) in [5, 5.41) is 10.1. The highest BCUT2D eigenvalue weighted by molar-refractivity contribution is 7.09. The van der Waals surface area contributed by atoms with E-state index in [9.17, 15) is 5.11 Å². The van der Waals surface area contributed by atoms with Crippen molar-refractivity contribution in [3.63, 3.8) is 0 Å². The van der Waals surface area contributed by atoms with Crippen LogP contribution >= 0.6 is 11.3 Å². The third-order valence-electron chi connectivity index (χ3n) is 3.37. The summed E-state index contributed by atoms with van der Waals surface area (Å²) in [6.45, 7) is 0. The van der Waals surface area contributed by atoms with Gasteiger partial charge in [-0.05, 0) is 36.0 Å². The van der Waals surface area contributed by atoms with Gasteiger partial charge in [0.25, 0.3) is 0 Å². The van der Waals surface area contributed by atoms with E-state index >= 15 is 0 Å². The van der Waals surface area contributed by atoms with Crippen LogP contribution in [0.5, 0.6) is 0 Å². The number of hydrogen-bond acceptors (Lipinski definition) is 3. The summed E-state index contributed by atoms with van der Waals surface area (Å²) in [5.41, 5.74) is 5.95. The Kier molecular flexibility index (Phi) is 2.95. The molecule has 0 amide bonds. The highest BCUT2D eigenvalue weighted by atomic mass is 32.1. The number of benzene rings is 1. The van der Waals surface area contributed by atoms with Gasteiger partial charge in [-0.2, -0.15) is 0 Å². The van der Waals surface area contributed by atoms with Crippen molar-refractivity contribution in [2.75, 3.05) is 0 Å². The molecule has 1 heterocycles. The van der Waals surface area contributed by atoms with Crippen molar-refractivity contribution in [3.05, 3.63) is 51.5 Å². The van der Waals surface area contributed by atoms with Crippen molar-refractivity contribution in [3.8, 4) is 0 Å². The van der Waals surface area contributed by atoms with Gasteiger partial charge in [0.05, 0.1) is 16.5 Å². The van der Waals surface area contributed by atoms with Crippen LogP contribution in [0, 0.1) is 0 Å². The number of aromatic nitrogens is 1. The molecule has 1 aromatic heterocycles. The maximum absolute atomic E-state index is 10.1. The van der Waals surface area contributed by atoms with Gasteiger partial charge in [0, 0.05) is 12.6 Å². The topological polar surface area (TPSA) is 33.1 Å². The van der Waals surface area contributed by atoms with Crippen molar-refractivity contribution in [2.24, 2.45) is 0 Å². The van der Waals surface area contributed by atoms with Gasteiger partial charge >= 0.3 is 0 Å².